The van der Waals surface area contributed by atoms with E-state index in [1.165, 1.54) is 5.56 Å². The number of thioether (sulfide) groups is 1. The molecule has 0 aliphatic carbocycles. The van der Waals surface area contributed by atoms with Crippen LogP contribution in [0.25, 0.3) is 0 Å². The van der Waals surface area contributed by atoms with Crippen molar-refractivity contribution >= 4 is 45.5 Å². The molecule has 0 radical (unpaired) electrons. The highest BCUT2D eigenvalue weighted by molar-refractivity contribution is 8.01. The van der Waals surface area contributed by atoms with Crippen molar-refractivity contribution in [3.8, 4) is 0 Å². The van der Waals surface area contributed by atoms with Crippen molar-refractivity contribution in [2.45, 2.75) is 17.7 Å². The molecule has 0 unspecified atom stereocenters. The van der Waals surface area contributed by atoms with Crippen LogP contribution in [-0.2, 0) is 6.42 Å². The van der Waals surface area contributed by atoms with Gasteiger partial charge in [-0.05, 0) is 48.7 Å². The second-order valence-corrected chi connectivity index (χ2v) is 7.64. The van der Waals surface area contributed by atoms with Gasteiger partial charge in [-0.1, -0.05) is 40.8 Å². The summed E-state index contributed by atoms with van der Waals surface area (Å²) in [5.41, 5.74) is 3.26. The van der Waals surface area contributed by atoms with Crippen LogP contribution in [0.5, 0.6) is 0 Å². The predicted molar refractivity (Wildman–Crippen MR) is 98.0 cm³/mol. The van der Waals surface area contributed by atoms with E-state index in [-0.39, 0.29) is 0 Å². The Hall–Kier alpha value is -1.63. The molecule has 0 saturated carbocycles. The molecular formula is C16H15ClN4S2. The fourth-order valence-electron chi connectivity index (χ4n) is 1.92. The molecule has 1 aromatic carbocycles. The number of aryl methyl sites for hydroxylation is 2. The number of pyridine rings is 1. The summed E-state index contributed by atoms with van der Waals surface area (Å²) in [5, 5.41) is 13.1. The highest BCUT2D eigenvalue weighted by Crippen LogP contribution is 2.29. The molecule has 3 rings (SSSR count). The van der Waals surface area contributed by atoms with E-state index < -0.39 is 0 Å². The number of nitrogens with one attached hydrogen (secondary N) is 1. The van der Waals surface area contributed by atoms with Crippen LogP contribution >= 0.6 is 34.7 Å². The molecule has 3 aromatic rings. The molecule has 0 atom stereocenters. The summed E-state index contributed by atoms with van der Waals surface area (Å²) in [5.74, 6) is 0.967. The number of benzene rings is 1. The second kappa shape index (κ2) is 7.77. The fraction of sp³-hybridized carbons (Fsp3) is 0.188. The van der Waals surface area contributed by atoms with E-state index in [1.54, 1.807) is 23.1 Å². The van der Waals surface area contributed by atoms with Gasteiger partial charge in [-0.3, -0.25) is 4.98 Å². The van der Waals surface area contributed by atoms with Crippen molar-refractivity contribution in [3.63, 3.8) is 0 Å². The second-order valence-electron chi connectivity index (χ2n) is 4.92. The summed E-state index contributed by atoms with van der Waals surface area (Å²) in [6, 6.07) is 9.94. The molecule has 0 amide bonds. The van der Waals surface area contributed by atoms with Crippen molar-refractivity contribution in [2.75, 3.05) is 11.1 Å². The molecule has 2 aromatic heterocycles. The molecule has 0 aliphatic heterocycles. The molecular weight excluding hydrogens is 348 g/mol. The quantitative estimate of drug-likeness (QED) is 0.627. The molecule has 1 N–H and O–H groups in total. The molecule has 2 heterocycles. The normalized spacial score (nSPS) is 10.7. The van der Waals surface area contributed by atoms with Crippen LogP contribution in [0.4, 0.5) is 10.8 Å². The monoisotopic (exact) mass is 362 g/mol. The summed E-state index contributed by atoms with van der Waals surface area (Å²) in [6.45, 7) is 1.98. The maximum Gasteiger partial charge on any atom is 0.210 e. The zero-order valence-corrected chi connectivity index (χ0v) is 14.9. The Labute approximate surface area is 148 Å². The Morgan fingerprint density at radius 3 is 2.78 bits per heavy atom. The van der Waals surface area contributed by atoms with Gasteiger partial charge in [0.2, 0.25) is 5.13 Å². The van der Waals surface area contributed by atoms with Crippen LogP contribution in [0.3, 0.4) is 0 Å². The van der Waals surface area contributed by atoms with Gasteiger partial charge >= 0.3 is 0 Å². The predicted octanol–water partition coefficient (Wildman–Crippen LogP) is 4.97. The zero-order valence-electron chi connectivity index (χ0n) is 12.5. The minimum Gasteiger partial charge on any atom is -0.330 e. The van der Waals surface area contributed by atoms with E-state index in [2.05, 4.69) is 20.5 Å². The minimum absolute atomic E-state index is 0.742. The lowest BCUT2D eigenvalue weighted by Gasteiger charge is -2.03. The fourth-order valence-corrected chi connectivity index (χ4v) is 3.93. The van der Waals surface area contributed by atoms with Crippen molar-refractivity contribution in [3.05, 3.63) is 58.9 Å². The number of halogens is 1. The highest BCUT2D eigenvalue weighted by Gasteiger charge is 2.06. The van der Waals surface area contributed by atoms with Gasteiger partial charge in [0, 0.05) is 28.9 Å². The summed E-state index contributed by atoms with van der Waals surface area (Å²) < 4.78 is 0.958. The Balaban J connectivity index is 1.54. The van der Waals surface area contributed by atoms with E-state index in [9.17, 15) is 0 Å². The summed E-state index contributed by atoms with van der Waals surface area (Å²) in [6.07, 6.45) is 4.63. The summed E-state index contributed by atoms with van der Waals surface area (Å²) >= 11 is 9.39. The van der Waals surface area contributed by atoms with Crippen LogP contribution in [-0.4, -0.2) is 20.9 Å². The Bertz CT molecular complexity index is 777. The maximum absolute atomic E-state index is 6.13. The SMILES string of the molecule is Cc1ccc(Nc2nnc(SCCc3ccncc3)s2)cc1Cl. The Morgan fingerprint density at radius 2 is 2.00 bits per heavy atom. The van der Waals surface area contributed by atoms with Gasteiger partial charge in [-0.25, -0.2) is 0 Å². The van der Waals surface area contributed by atoms with Crippen molar-refractivity contribution in [1.82, 2.24) is 15.2 Å². The molecule has 0 spiro atoms. The topological polar surface area (TPSA) is 50.7 Å². The van der Waals surface area contributed by atoms with Gasteiger partial charge in [0.1, 0.15) is 0 Å². The van der Waals surface area contributed by atoms with Crippen LogP contribution < -0.4 is 5.32 Å². The molecule has 0 aliphatic rings. The van der Waals surface area contributed by atoms with Gasteiger partial charge in [0.25, 0.3) is 0 Å². The standard InChI is InChI=1S/C16H15ClN4S2/c1-11-2-3-13(10-14(11)17)19-15-20-21-16(23-15)22-9-6-12-4-7-18-8-5-12/h2-5,7-8,10H,6,9H2,1H3,(H,19,20). The first kappa shape index (κ1) is 16.2. The van der Waals surface area contributed by atoms with Crippen LogP contribution in [0.15, 0.2) is 47.1 Å². The van der Waals surface area contributed by atoms with Gasteiger partial charge < -0.3 is 5.32 Å². The van der Waals surface area contributed by atoms with E-state index in [1.807, 2.05) is 49.6 Å². The zero-order chi connectivity index (χ0) is 16.1. The molecule has 7 heteroatoms. The van der Waals surface area contributed by atoms with Crippen molar-refractivity contribution in [1.29, 1.82) is 0 Å². The van der Waals surface area contributed by atoms with Crippen molar-refractivity contribution in [2.24, 2.45) is 0 Å². The van der Waals surface area contributed by atoms with Crippen LogP contribution in [0.2, 0.25) is 5.02 Å². The highest BCUT2D eigenvalue weighted by atomic mass is 35.5. The number of hydrogen-bond donors (Lipinski definition) is 1. The Morgan fingerprint density at radius 1 is 1.17 bits per heavy atom. The third kappa shape index (κ3) is 4.67. The molecule has 0 fully saturated rings. The van der Waals surface area contributed by atoms with Gasteiger partial charge in [-0.15, -0.1) is 10.2 Å². The molecule has 0 bridgehead atoms. The van der Waals surface area contributed by atoms with Crippen LogP contribution in [0, 0.1) is 6.92 Å². The van der Waals surface area contributed by atoms with Gasteiger partial charge in [0.15, 0.2) is 4.34 Å². The number of rotatable bonds is 6. The molecule has 118 valence electrons. The van der Waals surface area contributed by atoms with E-state index >= 15 is 0 Å². The third-order valence-corrected chi connectivity index (χ3v) is 5.58. The lowest BCUT2D eigenvalue weighted by molar-refractivity contribution is 1.01. The lowest BCUT2D eigenvalue weighted by Crippen LogP contribution is -1.89. The summed E-state index contributed by atoms with van der Waals surface area (Å²) in [7, 11) is 0. The van der Waals surface area contributed by atoms with E-state index in [0.717, 1.165) is 37.9 Å². The maximum atomic E-state index is 6.13. The first-order valence-electron chi connectivity index (χ1n) is 7.09. The first-order valence-corrected chi connectivity index (χ1v) is 9.27. The smallest absolute Gasteiger partial charge is 0.210 e. The number of nitrogens with zero attached hydrogens (tertiary/aromatic N) is 3. The average Bonchev–Trinajstić information content (AvgIpc) is 2.99. The molecule has 23 heavy (non-hydrogen) atoms. The first-order chi connectivity index (χ1) is 11.2. The van der Waals surface area contributed by atoms with Crippen molar-refractivity contribution < 1.29 is 0 Å². The molecule has 0 saturated heterocycles. The van der Waals surface area contributed by atoms with E-state index in [4.69, 9.17) is 11.6 Å². The van der Waals surface area contributed by atoms with E-state index in [0.29, 0.717) is 0 Å². The largest absolute Gasteiger partial charge is 0.330 e. The van der Waals surface area contributed by atoms with Gasteiger partial charge in [-0.2, -0.15) is 0 Å². The van der Waals surface area contributed by atoms with Gasteiger partial charge in [0.05, 0.1) is 0 Å². The average molecular weight is 363 g/mol. The minimum atomic E-state index is 0.742. The van der Waals surface area contributed by atoms with Crippen LogP contribution in [0.1, 0.15) is 11.1 Å². The number of anilines is 2. The Kier molecular flexibility index (Phi) is 5.48. The lowest BCUT2D eigenvalue weighted by atomic mass is 10.2. The number of aromatic nitrogens is 3. The number of hydrogen-bond acceptors (Lipinski definition) is 6. The summed E-state index contributed by atoms with van der Waals surface area (Å²) in [4.78, 5) is 4.02. The molecule has 4 nitrogen and oxygen atoms in total. The third-order valence-electron chi connectivity index (χ3n) is 3.20.